The van der Waals surface area contributed by atoms with Gasteiger partial charge in [-0.1, -0.05) is 37.8 Å². The van der Waals surface area contributed by atoms with Crippen molar-refractivity contribution in [2.24, 2.45) is 5.92 Å². The number of ketones is 1. The zero-order chi connectivity index (χ0) is 14.8. The second-order valence-electron chi connectivity index (χ2n) is 5.27. The molecule has 0 unspecified atom stereocenters. The van der Waals surface area contributed by atoms with Gasteiger partial charge in [0, 0.05) is 12.0 Å². The number of Topliss-reactive ketones (excluding diaryl/α,β-unsaturated/α-hetero) is 1. The van der Waals surface area contributed by atoms with Crippen molar-refractivity contribution in [2.45, 2.75) is 44.7 Å². The third kappa shape index (κ3) is 3.38. The summed E-state index contributed by atoms with van der Waals surface area (Å²) in [6, 6.07) is 2.94. The van der Waals surface area contributed by atoms with E-state index in [9.17, 15) is 22.4 Å². The van der Waals surface area contributed by atoms with Crippen molar-refractivity contribution in [2.75, 3.05) is 0 Å². The molecule has 1 saturated carbocycles. The summed E-state index contributed by atoms with van der Waals surface area (Å²) in [5.41, 5.74) is -1.98. The summed E-state index contributed by atoms with van der Waals surface area (Å²) in [4.78, 5) is 12.0. The van der Waals surface area contributed by atoms with E-state index < -0.39 is 28.9 Å². The smallest absolute Gasteiger partial charge is 0.294 e. The Morgan fingerprint density at radius 3 is 2.45 bits per heavy atom. The monoisotopic (exact) mass is 288 g/mol. The van der Waals surface area contributed by atoms with Crippen molar-refractivity contribution in [3.63, 3.8) is 0 Å². The van der Waals surface area contributed by atoms with Crippen LogP contribution in [-0.4, -0.2) is 5.78 Å². The summed E-state index contributed by atoms with van der Waals surface area (Å²) in [6.07, 6.45) is 0.0951. The highest BCUT2D eigenvalue weighted by Crippen LogP contribution is 2.35. The summed E-state index contributed by atoms with van der Waals surface area (Å²) in [5.74, 6) is -1.59. The number of halogens is 4. The molecule has 0 saturated heterocycles. The molecule has 0 bridgehead atoms. The van der Waals surface area contributed by atoms with Gasteiger partial charge < -0.3 is 0 Å². The van der Waals surface area contributed by atoms with E-state index in [1.54, 1.807) is 0 Å². The van der Waals surface area contributed by atoms with Gasteiger partial charge in [-0.05, 0) is 18.4 Å². The topological polar surface area (TPSA) is 17.1 Å². The van der Waals surface area contributed by atoms with Gasteiger partial charge in [-0.25, -0.2) is 4.39 Å². The number of alkyl halides is 3. The Morgan fingerprint density at radius 2 is 1.85 bits per heavy atom. The molecule has 110 valence electrons. The summed E-state index contributed by atoms with van der Waals surface area (Å²) in [5, 5.41) is 0. The molecule has 0 N–H and O–H groups in total. The number of hydrogen-bond acceptors (Lipinski definition) is 1. The molecule has 0 aromatic heterocycles. The van der Waals surface area contributed by atoms with Crippen molar-refractivity contribution >= 4 is 5.78 Å². The van der Waals surface area contributed by atoms with Gasteiger partial charge in [0.15, 0.2) is 5.78 Å². The van der Waals surface area contributed by atoms with Crippen LogP contribution in [0.4, 0.5) is 17.6 Å². The Hall–Kier alpha value is -1.39. The van der Waals surface area contributed by atoms with Crippen LogP contribution in [0.5, 0.6) is 0 Å². The molecule has 1 fully saturated rings. The van der Waals surface area contributed by atoms with Crippen LogP contribution in [-0.2, 0) is 6.18 Å². The van der Waals surface area contributed by atoms with Crippen LogP contribution in [0.1, 0.15) is 54.4 Å². The number of benzene rings is 1. The molecule has 0 radical (unpaired) electrons. The first-order chi connectivity index (χ1) is 9.39. The standard InChI is InChI=1S/C15H16F4O/c16-12-7-3-6-11(14(12)15(17,18)19)13(20)9-8-10-4-1-2-5-10/h3,6-7,10H,1-2,4-5,8-9H2. The lowest BCUT2D eigenvalue weighted by atomic mass is 9.95. The molecule has 20 heavy (non-hydrogen) atoms. The molecule has 5 heteroatoms. The molecule has 1 nitrogen and oxygen atoms in total. The largest absolute Gasteiger partial charge is 0.419 e. The van der Waals surface area contributed by atoms with Crippen molar-refractivity contribution in [3.05, 3.63) is 35.1 Å². The molecule has 0 atom stereocenters. The zero-order valence-corrected chi connectivity index (χ0v) is 11.0. The molecule has 1 aliphatic carbocycles. The molecule has 0 amide bonds. The highest BCUT2D eigenvalue weighted by molar-refractivity contribution is 5.97. The first-order valence-electron chi connectivity index (χ1n) is 6.78. The van der Waals surface area contributed by atoms with Crippen LogP contribution >= 0.6 is 0 Å². The summed E-state index contributed by atoms with van der Waals surface area (Å²) >= 11 is 0. The van der Waals surface area contributed by atoms with Crippen molar-refractivity contribution in [1.29, 1.82) is 0 Å². The second kappa shape index (κ2) is 5.94. The minimum atomic E-state index is -4.84. The predicted octanol–water partition coefficient (Wildman–Crippen LogP) is 5.00. The molecule has 0 heterocycles. The van der Waals surface area contributed by atoms with Crippen molar-refractivity contribution < 1.29 is 22.4 Å². The lowest BCUT2D eigenvalue weighted by molar-refractivity contribution is -0.140. The van der Waals surface area contributed by atoms with Gasteiger partial charge in [0.1, 0.15) is 11.4 Å². The van der Waals surface area contributed by atoms with E-state index in [-0.39, 0.29) is 6.42 Å². The van der Waals surface area contributed by atoms with Crippen LogP contribution in [0.15, 0.2) is 18.2 Å². The fourth-order valence-corrected chi connectivity index (χ4v) is 2.81. The van der Waals surface area contributed by atoms with Crippen LogP contribution in [0.2, 0.25) is 0 Å². The number of carbonyl (C=O) groups is 1. The van der Waals surface area contributed by atoms with E-state index in [1.165, 1.54) is 0 Å². The molecule has 1 aromatic rings. The first-order valence-corrected chi connectivity index (χ1v) is 6.78. The number of rotatable bonds is 4. The molecular weight excluding hydrogens is 272 g/mol. The Bertz CT molecular complexity index is 487. The number of carbonyl (C=O) groups excluding carboxylic acids is 1. The molecule has 1 aliphatic rings. The van der Waals surface area contributed by atoms with E-state index in [4.69, 9.17) is 0 Å². The van der Waals surface area contributed by atoms with Gasteiger partial charge >= 0.3 is 6.18 Å². The lowest BCUT2D eigenvalue weighted by Crippen LogP contribution is -2.16. The van der Waals surface area contributed by atoms with Gasteiger partial charge in [0.25, 0.3) is 0 Å². The summed E-state index contributed by atoms with van der Waals surface area (Å²) in [7, 11) is 0. The molecule has 1 aromatic carbocycles. The minimum absolute atomic E-state index is 0.0528. The van der Waals surface area contributed by atoms with Gasteiger partial charge in [-0.15, -0.1) is 0 Å². The van der Waals surface area contributed by atoms with Crippen LogP contribution in [0.3, 0.4) is 0 Å². The Kier molecular flexibility index (Phi) is 4.45. The van der Waals surface area contributed by atoms with Crippen molar-refractivity contribution in [3.8, 4) is 0 Å². The van der Waals surface area contributed by atoms with Gasteiger partial charge in [0.05, 0.1) is 0 Å². The predicted molar refractivity (Wildman–Crippen MR) is 66.9 cm³/mol. The number of hydrogen-bond donors (Lipinski definition) is 0. The SMILES string of the molecule is O=C(CCC1CCCC1)c1cccc(F)c1C(F)(F)F. The summed E-state index contributed by atoms with van der Waals surface area (Å²) in [6.45, 7) is 0. The molecule has 2 rings (SSSR count). The molecule has 0 aliphatic heterocycles. The van der Waals surface area contributed by atoms with Gasteiger partial charge in [-0.3, -0.25) is 4.79 Å². The second-order valence-corrected chi connectivity index (χ2v) is 5.27. The third-order valence-electron chi connectivity index (χ3n) is 3.85. The fourth-order valence-electron chi connectivity index (χ4n) is 2.81. The van der Waals surface area contributed by atoms with Gasteiger partial charge in [-0.2, -0.15) is 13.2 Å². The van der Waals surface area contributed by atoms with E-state index in [0.717, 1.165) is 43.9 Å². The molecule has 0 spiro atoms. The van der Waals surface area contributed by atoms with Crippen LogP contribution < -0.4 is 0 Å². The highest BCUT2D eigenvalue weighted by atomic mass is 19.4. The Morgan fingerprint density at radius 1 is 1.20 bits per heavy atom. The lowest BCUT2D eigenvalue weighted by Gasteiger charge is -2.14. The van der Waals surface area contributed by atoms with Crippen LogP contribution in [0, 0.1) is 11.7 Å². The maximum absolute atomic E-state index is 13.4. The summed E-state index contributed by atoms with van der Waals surface area (Å²) < 4.78 is 51.8. The fraction of sp³-hybridized carbons (Fsp3) is 0.533. The van der Waals surface area contributed by atoms with Gasteiger partial charge in [0.2, 0.25) is 0 Å². The van der Waals surface area contributed by atoms with E-state index in [0.29, 0.717) is 12.3 Å². The normalized spacial score (nSPS) is 16.6. The Labute approximate surface area is 115 Å². The maximum atomic E-state index is 13.4. The molecular formula is C15H16F4O. The average molecular weight is 288 g/mol. The van der Waals surface area contributed by atoms with E-state index >= 15 is 0 Å². The first kappa shape index (κ1) is 15.0. The quantitative estimate of drug-likeness (QED) is 0.563. The van der Waals surface area contributed by atoms with E-state index in [2.05, 4.69) is 0 Å². The zero-order valence-electron chi connectivity index (χ0n) is 11.0. The average Bonchev–Trinajstić information content (AvgIpc) is 2.87. The van der Waals surface area contributed by atoms with E-state index in [1.807, 2.05) is 0 Å². The third-order valence-corrected chi connectivity index (χ3v) is 3.85. The minimum Gasteiger partial charge on any atom is -0.294 e. The van der Waals surface area contributed by atoms with Crippen molar-refractivity contribution in [1.82, 2.24) is 0 Å². The van der Waals surface area contributed by atoms with Crippen LogP contribution in [0.25, 0.3) is 0 Å². The highest BCUT2D eigenvalue weighted by Gasteiger charge is 2.38. The Balaban J connectivity index is 2.15. The maximum Gasteiger partial charge on any atom is 0.419 e.